The van der Waals surface area contributed by atoms with Gasteiger partial charge in [-0.15, -0.1) is 0 Å². The summed E-state index contributed by atoms with van der Waals surface area (Å²) in [5.74, 6) is -0.462. The number of para-hydroxylation sites is 1. The van der Waals surface area contributed by atoms with E-state index in [1.54, 1.807) is 18.2 Å². The summed E-state index contributed by atoms with van der Waals surface area (Å²) in [6, 6.07) is 5.08. The van der Waals surface area contributed by atoms with E-state index >= 15 is 0 Å². The van der Waals surface area contributed by atoms with Gasteiger partial charge in [0, 0.05) is 0 Å². The SMILES string of the molecule is NC(=O)CNc1c(Cl)cccc1Cl. The van der Waals surface area contributed by atoms with Crippen LogP contribution in [0, 0.1) is 0 Å². The van der Waals surface area contributed by atoms with Crippen molar-refractivity contribution in [2.24, 2.45) is 5.73 Å². The molecule has 1 aromatic rings. The standard InChI is InChI=1S/C8H8Cl2N2O/c9-5-2-1-3-6(10)8(5)12-4-7(11)13/h1-3,12H,4H2,(H2,11,13). The minimum Gasteiger partial charge on any atom is -0.374 e. The van der Waals surface area contributed by atoms with E-state index in [-0.39, 0.29) is 6.54 Å². The Morgan fingerprint density at radius 1 is 1.38 bits per heavy atom. The molecule has 0 saturated carbocycles. The van der Waals surface area contributed by atoms with E-state index in [0.717, 1.165) is 0 Å². The fourth-order valence-electron chi connectivity index (χ4n) is 0.842. The number of nitrogens with one attached hydrogen (secondary N) is 1. The Bertz CT molecular complexity index is 308. The highest BCUT2D eigenvalue weighted by atomic mass is 35.5. The van der Waals surface area contributed by atoms with Gasteiger partial charge in [-0.05, 0) is 12.1 Å². The van der Waals surface area contributed by atoms with Crippen molar-refractivity contribution in [1.29, 1.82) is 0 Å². The molecule has 0 fully saturated rings. The van der Waals surface area contributed by atoms with Gasteiger partial charge < -0.3 is 11.1 Å². The number of nitrogens with two attached hydrogens (primary N) is 1. The molecule has 0 atom stereocenters. The minimum atomic E-state index is -0.462. The van der Waals surface area contributed by atoms with E-state index in [4.69, 9.17) is 28.9 Å². The monoisotopic (exact) mass is 218 g/mol. The molecule has 3 N–H and O–H groups in total. The van der Waals surface area contributed by atoms with Gasteiger partial charge >= 0.3 is 0 Å². The molecular formula is C8H8Cl2N2O. The number of carbonyl (C=O) groups is 1. The summed E-state index contributed by atoms with van der Waals surface area (Å²) in [5, 5.41) is 3.68. The number of carbonyl (C=O) groups excluding carboxylic acids is 1. The number of hydrogen-bond donors (Lipinski definition) is 2. The Hall–Kier alpha value is -0.930. The van der Waals surface area contributed by atoms with Crippen molar-refractivity contribution in [3.63, 3.8) is 0 Å². The van der Waals surface area contributed by atoms with E-state index in [1.165, 1.54) is 0 Å². The average Bonchev–Trinajstić information content (AvgIpc) is 2.03. The maximum absolute atomic E-state index is 10.5. The number of primary amides is 1. The first-order chi connectivity index (χ1) is 6.11. The Morgan fingerprint density at radius 2 is 1.92 bits per heavy atom. The number of anilines is 1. The third-order valence-electron chi connectivity index (χ3n) is 1.40. The second kappa shape index (κ2) is 4.35. The van der Waals surface area contributed by atoms with Crippen LogP contribution in [-0.4, -0.2) is 12.5 Å². The molecule has 0 aliphatic heterocycles. The Balaban J connectivity index is 2.81. The summed E-state index contributed by atoms with van der Waals surface area (Å²) in [7, 11) is 0. The fraction of sp³-hybridized carbons (Fsp3) is 0.125. The fourth-order valence-corrected chi connectivity index (χ4v) is 1.37. The third kappa shape index (κ3) is 2.79. The lowest BCUT2D eigenvalue weighted by Gasteiger charge is -2.07. The van der Waals surface area contributed by atoms with Gasteiger partial charge in [0.05, 0.1) is 22.3 Å². The lowest BCUT2D eigenvalue weighted by Crippen LogP contribution is -2.22. The van der Waals surface area contributed by atoms with Crippen molar-refractivity contribution in [2.75, 3.05) is 11.9 Å². The predicted octanol–water partition coefficient (Wildman–Crippen LogP) is 1.89. The molecule has 0 spiro atoms. The maximum atomic E-state index is 10.5. The smallest absolute Gasteiger partial charge is 0.236 e. The summed E-state index contributed by atoms with van der Waals surface area (Å²) in [6.07, 6.45) is 0. The number of rotatable bonds is 3. The van der Waals surface area contributed by atoms with E-state index in [2.05, 4.69) is 5.32 Å². The minimum absolute atomic E-state index is 0.0173. The number of halogens is 2. The van der Waals surface area contributed by atoms with Gasteiger partial charge in [-0.1, -0.05) is 29.3 Å². The second-order valence-electron chi connectivity index (χ2n) is 2.42. The molecule has 13 heavy (non-hydrogen) atoms. The molecule has 1 amide bonds. The molecule has 0 bridgehead atoms. The Morgan fingerprint density at radius 3 is 2.38 bits per heavy atom. The average molecular weight is 219 g/mol. The van der Waals surface area contributed by atoms with Gasteiger partial charge in [-0.2, -0.15) is 0 Å². The molecule has 0 heterocycles. The molecule has 1 rings (SSSR count). The van der Waals surface area contributed by atoms with Crippen LogP contribution in [0.15, 0.2) is 18.2 Å². The highest BCUT2D eigenvalue weighted by Crippen LogP contribution is 2.29. The molecule has 5 heteroatoms. The van der Waals surface area contributed by atoms with Crippen molar-refractivity contribution in [3.05, 3.63) is 28.2 Å². The van der Waals surface area contributed by atoms with Gasteiger partial charge in [-0.25, -0.2) is 0 Å². The van der Waals surface area contributed by atoms with Crippen molar-refractivity contribution in [3.8, 4) is 0 Å². The number of benzene rings is 1. The molecule has 0 aliphatic carbocycles. The summed E-state index contributed by atoms with van der Waals surface area (Å²) >= 11 is 11.6. The second-order valence-corrected chi connectivity index (χ2v) is 3.23. The lowest BCUT2D eigenvalue weighted by atomic mass is 10.3. The molecule has 1 aromatic carbocycles. The van der Waals surface area contributed by atoms with Crippen molar-refractivity contribution in [2.45, 2.75) is 0 Å². The van der Waals surface area contributed by atoms with Crippen LogP contribution >= 0.6 is 23.2 Å². The number of hydrogen-bond acceptors (Lipinski definition) is 2. The first kappa shape index (κ1) is 10.2. The summed E-state index contributed by atoms with van der Waals surface area (Å²) in [5.41, 5.74) is 5.48. The largest absolute Gasteiger partial charge is 0.374 e. The zero-order valence-electron chi connectivity index (χ0n) is 6.68. The molecule has 0 saturated heterocycles. The molecule has 70 valence electrons. The van der Waals surface area contributed by atoms with Crippen LogP contribution < -0.4 is 11.1 Å². The van der Waals surface area contributed by atoms with Crippen molar-refractivity contribution >= 4 is 34.8 Å². The van der Waals surface area contributed by atoms with Crippen LogP contribution in [0.1, 0.15) is 0 Å². The molecule has 3 nitrogen and oxygen atoms in total. The lowest BCUT2D eigenvalue weighted by molar-refractivity contribution is -0.116. The van der Waals surface area contributed by atoms with E-state index in [0.29, 0.717) is 15.7 Å². The highest BCUT2D eigenvalue weighted by Gasteiger charge is 2.04. The quantitative estimate of drug-likeness (QED) is 0.815. The topological polar surface area (TPSA) is 55.1 Å². The summed E-state index contributed by atoms with van der Waals surface area (Å²) in [4.78, 5) is 10.5. The first-order valence-electron chi connectivity index (χ1n) is 3.57. The predicted molar refractivity (Wildman–Crippen MR) is 54.1 cm³/mol. The van der Waals surface area contributed by atoms with Gasteiger partial charge in [0.15, 0.2) is 0 Å². The van der Waals surface area contributed by atoms with Crippen LogP contribution in [0.5, 0.6) is 0 Å². The van der Waals surface area contributed by atoms with E-state index in [9.17, 15) is 4.79 Å². The van der Waals surface area contributed by atoms with Crippen LogP contribution in [0.3, 0.4) is 0 Å². The van der Waals surface area contributed by atoms with Gasteiger partial charge in [0.1, 0.15) is 0 Å². The van der Waals surface area contributed by atoms with Gasteiger partial charge in [0.2, 0.25) is 5.91 Å². The van der Waals surface area contributed by atoms with Crippen LogP contribution in [0.25, 0.3) is 0 Å². The van der Waals surface area contributed by atoms with E-state index < -0.39 is 5.91 Å². The molecule has 0 unspecified atom stereocenters. The van der Waals surface area contributed by atoms with Crippen molar-refractivity contribution in [1.82, 2.24) is 0 Å². The van der Waals surface area contributed by atoms with E-state index in [1.807, 2.05) is 0 Å². The normalized spacial score (nSPS) is 9.69. The van der Waals surface area contributed by atoms with Crippen LogP contribution in [-0.2, 0) is 4.79 Å². The summed E-state index contributed by atoms with van der Waals surface area (Å²) < 4.78 is 0. The maximum Gasteiger partial charge on any atom is 0.236 e. The highest BCUT2D eigenvalue weighted by molar-refractivity contribution is 6.39. The first-order valence-corrected chi connectivity index (χ1v) is 4.33. The number of amides is 1. The van der Waals surface area contributed by atoms with Crippen LogP contribution in [0.4, 0.5) is 5.69 Å². The Kier molecular flexibility index (Phi) is 3.39. The Labute approximate surface area is 85.8 Å². The van der Waals surface area contributed by atoms with Crippen molar-refractivity contribution < 1.29 is 4.79 Å². The van der Waals surface area contributed by atoms with Crippen LogP contribution in [0.2, 0.25) is 10.0 Å². The summed E-state index contributed by atoms with van der Waals surface area (Å²) in [6.45, 7) is 0.0173. The third-order valence-corrected chi connectivity index (χ3v) is 2.03. The van der Waals surface area contributed by atoms with Gasteiger partial charge in [0.25, 0.3) is 0 Å². The molecule has 0 aromatic heterocycles. The molecule has 0 radical (unpaired) electrons. The zero-order chi connectivity index (χ0) is 9.84. The zero-order valence-corrected chi connectivity index (χ0v) is 8.19. The van der Waals surface area contributed by atoms with Gasteiger partial charge in [-0.3, -0.25) is 4.79 Å². The molecular weight excluding hydrogens is 211 g/mol. The molecule has 0 aliphatic rings.